The summed E-state index contributed by atoms with van der Waals surface area (Å²) in [5, 5.41) is 5.67. The molecule has 2 N–H and O–H groups in total. The molecule has 0 radical (unpaired) electrons. The molecule has 1 heterocycles. The maximum absolute atomic E-state index is 12.0. The number of imidazole rings is 1. The molecular formula is C15H19BrN4O2. The topological polar surface area (TPSA) is 68.2 Å². The highest BCUT2D eigenvalue weighted by molar-refractivity contribution is 9.10. The summed E-state index contributed by atoms with van der Waals surface area (Å²) in [6.45, 7) is 3.32. The van der Waals surface area contributed by atoms with Crippen LogP contribution in [0, 0.1) is 6.92 Å². The molecule has 2 amide bonds. The molecule has 0 saturated carbocycles. The van der Waals surface area contributed by atoms with Crippen molar-refractivity contribution in [1.82, 2.24) is 14.9 Å². The molecule has 0 bridgehead atoms. The van der Waals surface area contributed by atoms with E-state index in [1.165, 1.54) is 0 Å². The highest BCUT2D eigenvalue weighted by atomic mass is 79.9. The van der Waals surface area contributed by atoms with Gasteiger partial charge in [-0.15, -0.1) is 0 Å². The Morgan fingerprint density at radius 1 is 1.45 bits per heavy atom. The van der Waals surface area contributed by atoms with Crippen LogP contribution in [0.1, 0.15) is 12.0 Å². The third-order valence-corrected chi connectivity index (χ3v) is 3.62. The number of aromatic nitrogens is 2. The SMILES string of the molecule is COc1cc(Br)cc(C)c1NC(=O)NCCCn1ccnc1. The van der Waals surface area contributed by atoms with Crippen molar-refractivity contribution in [2.24, 2.45) is 0 Å². The number of aryl methyl sites for hydroxylation is 2. The van der Waals surface area contributed by atoms with Crippen LogP contribution in [0.4, 0.5) is 10.5 Å². The second-order valence-corrected chi connectivity index (χ2v) is 5.75. The molecule has 0 saturated heterocycles. The van der Waals surface area contributed by atoms with Crippen molar-refractivity contribution in [3.63, 3.8) is 0 Å². The summed E-state index contributed by atoms with van der Waals surface area (Å²) in [5.74, 6) is 0.625. The first-order chi connectivity index (χ1) is 10.6. The number of rotatable bonds is 6. The molecule has 1 aromatic heterocycles. The van der Waals surface area contributed by atoms with Gasteiger partial charge in [-0.3, -0.25) is 0 Å². The number of nitrogens with zero attached hydrogens (tertiary/aromatic N) is 2. The maximum atomic E-state index is 12.0. The smallest absolute Gasteiger partial charge is 0.319 e. The lowest BCUT2D eigenvalue weighted by Crippen LogP contribution is -2.30. The average Bonchev–Trinajstić information content (AvgIpc) is 2.99. The van der Waals surface area contributed by atoms with Gasteiger partial charge in [-0.05, 0) is 31.0 Å². The van der Waals surface area contributed by atoms with E-state index >= 15 is 0 Å². The minimum atomic E-state index is -0.241. The first kappa shape index (κ1) is 16.4. The zero-order valence-electron chi connectivity index (χ0n) is 12.6. The Morgan fingerprint density at radius 2 is 2.27 bits per heavy atom. The van der Waals surface area contributed by atoms with Crippen LogP contribution in [-0.4, -0.2) is 29.2 Å². The van der Waals surface area contributed by atoms with E-state index in [1.54, 1.807) is 19.6 Å². The van der Waals surface area contributed by atoms with E-state index in [2.05, 4.69) is 31.5 Å². The van der Waals surface area contributed by atoms with Gasteiger partial charge in [0.15, 0.2) is 0 Å². The van der Waals surface area contributed by atoms with Crippen LogP contribution in [0.15, 0.2) is 35.3 Å². The van der Waals surface area contributed by atoms with Gasteiger partial charge in [0, 0.05) is 30.0 Å². The van der Waals surface area contributed by atoms with Crippen molar-refractivity contribution in [1.29, 1.82) is 0 Å². The molecule has 2 rings (SSSR count). The predicted octanol–water partition coefficient (Wildman–Crippen LogP) is 3.17. The van der Waals surface area contributed by atoms with Crippen LogP contribution >= 0.6 is 15.9 Å². The molecule has 7 heteroatoms. The molecule has 0 aliphatic heterocycles. The van der Waals surface area contributed by atoms with E-state index in [-0.39, 0.29) is 6.03 Å². The van der Waals surface area contributed by atoms with Gasteiger partial charge in [0.05, 0.1) is 19.1 Å². The van der Waals surface area contributed by atoms with E-state index < -0.39 is 0 Å². The number of halogens is 1. The van der Waals surface area contributed by atoms with Crippen molar-refractivity contribution >= 4 is 27.6 Å². The number of carbonyl (C=O) groups excluding carboxylic acids is 1. The van der Waals surface area contributed by atoms with E-state index in [9.17, 15) is 4.79 Å². The van der Waals surface area contributed by atoms with Gasteiger partial charge in [0.2, 0.25) is 0 Å². The Kier molecular flexibility index (Phi) is 5.83. The first-order valence-corrected chi connectivity index (χ1v) is 7.74. The van der Waals surface area contributed by atoms with E-state index in [0.29, 0.717) is 18.0 Å². The number of anilines is 1. The number of hydrogen-bond acceptors (Lipinski definition) is 3. The molecule has 2 aromatic rings. The first-order valence-electron chi connectivity index (χ1n) is 6.95. The zero-order chi connectivity index (χ0) is 15.9. The fourth-order valence-electron chi connectivity index (χ4n) is 2.07. The van der Waals surface area contributed by atoms with Crippen molar-refractivity contribution in [2.45, 2.75) is 19.9 Å². The van der Waals surface area contributed by atoms with Crippen LogP contribution in [0.2, 0.25) is 0 Å². The van der Waals surface area contributed by atoms with Crippen molar-refractivity contribution in [2.75, 3.05) is 19.0 Å². The number of ether oxygens (including phenoxy) is 1. The molecule has 1 aromatic carbocycles. The maximum Gasteiger partial charge on any atom is 0.319 e. The molecule has 0 aliphatic rings. The second kappa shape index (κ2) is 7.84. The second-order valence-electron chi connectivity index (χ2n) is 4.83. The van der Waals surface area contributed by atoms with Crippen molar-refractivity contribution in [3.05, 3.63) is 40.9 Å². The third kappa shape index (κ3) is 4.49. The molecule has 118 valence electrons. The molecule has 0 fully saturated rings. The number of methoxy groups -OCH3 is 1. The fourth-order valence-corrected chi connectivity index (χ4v) is 2.63. The van der Waals surface area contributed by atoms with E-state index in [0.717, 1.165) is 23.0 Å². The van der Waals surface area contributed by atoms with Crippen molar-refractivity contribution in [3.8, 4) is 5.75 Å². The number of carbonyl (C=O) groups is 1. The third-order valence-electron chi connectivity index (χ3n) is 3.16. The molecule has 0 unspecified atom stereocenters. The van der Waals surface area contributed by atoms with Crippen LogP contribution in [-0.2, 0) is 6.54 Å². The highest BCUT2D eigenvalue weighted by Gasteiger charge is 2.11. The predicted molar refractivity (Wildman–Crippen MR) is 89.3 cm³/mol. The standard InChI is InChI=1S/C15H19BrN4O2/c1-11-8-12(16)9-13(22-2)14(11)19-15(21)18-4-3-6-20-7-5-17-10-20/h5,7-10H,3-4,6H2,1-2H3,(H2,18,19,21). The molecule has 0 atom stereocenters. The monoisotopic (exact) mass is 366 g/mol. The van der Waals surface area contributed by atoms with Crippen LogP contribution in [0.5, 0.6) is 5.75 Å². The van der Waals surface area contributed by atoms with E-state index in [1.807, 2.05) is 29.8 Å². The Balaban J connectivity index is 1.84. The molecule has 22 heavy (non-hydrogen) atoms. The lowest BCUT2D eigenvalue weighted by Gasteiger charge is -2.14. The normalized spacial score (nSPS) is 10.3. The summed E-state index contributed by atoms with van der Waals surface area (Å²) in [7, 11) is 1.58. The van der Waals surface area contributed by atoms with E-state index in [4.69, 9.17) is 4.74 Å². The quantitative estimate of drug-likeness (QED) is 0.771. The molecule has 0 aliphatic carbocycles. The number of nitrogens with one attached hydrogen (secondary N) is 2. The Bertz CT molecular complexity index is 629. The number of benzene rings is 1. The molecular weight excluding hydrogens is 348 g/mol. The number of amides is 2. The van der Waals surface area contributed by atoms with Gasteiger partial charge in [-0.1, -0.05) is 15.9 Å². The summed E-state index contributed by atoms with van der Waals surface area (Å²) in [6, 6.07) is 3.51. The Morgan fingerprint density at radius 3 is 2.95 bits per heavy atom. The lowest BCUT2D eigenvalue weighted by atomic mass is 10.2. The summed E-state index contributed by atoms with van der Waals surface area (Å²) < 4.78 is 8.18. The van der Waals surface area contributed by atoms with Gasteiger partial charge in [0.25, 0.3) is 0 Å². The van der Waals surface area contributed by atoms with Gasteiger partial charge in [-0.2, -0.15) is 0 Å². The average molecular weight is 367 g/mol. The van der Waals surface area contributed by atoms with Crippen LogP contribution in [0.25, 0.3) is 0 Å². The number of hydrogen-bond donors (Lipinski definition) is 2. The van der Waals surface area contributed by atoms with Gasteiger partial charge >= 0.3 is 6.03 Å². The van der Waals surface area contributed by atoms with Gasteiger partial charge in [0.1, 0.15) is 5.75 Å². The summed E-state index contributed by atoms with van der Waals surface area (Å²) >= 11 is 3.41. The van der Waals surface area contributed by atoms with Crippen molar-refractivity contribution < 1.29 is 9.53 Å². The Labute approximate surface area is 138 Å². The minimum Gasteiger partial charge on any atom is -0.495 e. The highest BCUT2D eigenvalue weighted by Crippen LogP contribution is 2.31. The summed E-state index contributed by atoms with van der Waals surface area (Å²) in [6.07, 6.45) is 6.23. The Hall–Kier alpha value is -2.02. The summed E-state index contributed by atoms with van der Waals surface area (Å²) in [4.78, 5) is 15.9. The largest absolute Gasteiger partial charge is 0.495 e. The number of urea groups is 1. The van der Waals surface area contributed by atoms with Crippen LogP contribution in [0.3, 0.4) is 0 Å². The lowest BCUT2D eigenvalue weighted by molar-refractivity contribution is 0.251. The van der Waals surface area contributed by atoms with Crippen LogP contribution < -0.4 is 15.4 Å². The van der Waals surface area contributed by atoms with Gasteiger partial charge in [-0.25, -0.2) is 9.78 Å². The van der Waals surface area contributed by atoms with Gasteiger partial charge < -0.3 is 19.9 Å². The zero-order valence-corrected chi connectivity index (χ0v) is 14.2. The summed E-state index contributed by atoms with van der Waals surface area (Å²) in [5.41, 5.74) is 1.61. The molecule has 6 nitrogen and oxygen atoms in total. The fraction of sp³-hybridized carbons (Fsp3) is 0.333. The minimum absolute atomic E-state index is 0.241. The molecule has 0 spiro atoms.